The van der Waals surface area contributed by atoms with E-state index in [2.05, 4.69) is 11.4 Å². The fourth-order valence-electron chi connectivity index (χ4n) is 2.44. The zero-order chi connectivity index (χ0) is 11.7. The molecule has 0 amide bonds. The number of hydrogen-bond acceptors (Lipinski definition) is 1. The Morgan fingerprint density at radius 2 is 2.06 bits per heavy atom. The maximum atomic E-state index is 14.0. The number of rotatable bonds is 4. The second kappa shape index (κ2) is 4.54. The Kier molecular flexibility index (Phi) is 3.29. The van der Waals surface area contributed by atoms with Gasteiger partial charge in [-0.15, -0.1) is 0 Å². The second-order valence-corrected chi connectivity index (χ2v) is 5.00. The van der Waals surface area contributed by atoms with Crippen molar-refractivity contribution in [1.29, 1.82) is 0 Å². The summed E-state index contributed by atoms with van der Waals surface area (Å²) in [7, 11) is 1.92. The van der Waals surface area contributed by atoms with Gasteiger partial charge in [-0.2, -0.15) is 0 Å². The first kappa shape index (κ1) is 11.6. The van der Waals surface area contributed by atoms with Crippen LogP contribution in [0, 0.1) is 25.6 Å². The molecule has 0 heterocycles. The summed E-state index contributed by atoms with van der Waals surface area (Å²) in [4.78, 5) is 0. The molecule has 0 aliphatic heterocycles. The Balaban J connectivity index is 2.28. The molecule has 1 unspecified atom stereocenters. The largest absolute Gasteiger partial charge is 0.313 e. The first-order valence-corrected chi connectivity index (χ1v) is 6.05. The third kappa shape index (κ3) is 2.43. The van der Waals surface area contributed by atoms with E-state index in [0.717, 1.165) is 29.0 Å². The Labute approximate surface area is 97.1 Å². The number of nitrogens with one attached hydrogen (secondary N) is 1. The van der Waals surface area contributed by atoms with Crippen molar-refractivity contribution in [2.45, 2.75) is 39.2 Å². The van der Waals surface area contributed by atoms with Crippen LogP contribution >= 0.6 is 0 Å². The third-order valence-corrected chi connectivity index (χ3v) is 3.44. The highest BCUT2D eigenvalue weighted by Gasteiger charge is 2.27. The Morgan fingerprint density at radius 3 is 2.56 bits per heavy atom. The molecule has 0 aromatic heterocycles. The molecule has 16 heavy (non-hydrogen) atoms. The summed E-state index contributed by atoms with van der Waals surface area (Å²) in [5, 5.41) is 3.25. The van der Waals surface area contributed by atoms with Crippen molar-refractivity contribution in [3.05, 3.63) is 34.6 Å². The summed E-state index contributed by atoms with van der Waals surface area (Å²) in [5.74, 6) is 0.745. The lowest BCUT2D eigenvalue weighted by molar-refractivity contribution is 0.482. The van der Waals surface area contributed by atoms with E-state index in [-0.39, 0.29) is 11.9 Å². The summed E-state index contributed by atoms with van der Waals surface area (Å²) in [5.41, 5.74) is 2.93. The molecule has 1 aromatic rings. The molecule has 1 aromatic carbocycles. The zero-order valence-electron chi connectivity index (χ0n) is 10.3. The molecule has 0 radical (unpaired) electrons. The number of halogens is 1. The van der Waals surface area contributed by atoms with Gasteiger partial charge >= 0.3 is 0 Å². The van der Waals surface area contributed by atoms with Gasteiger partial charge in [0.1, 0.15) is 5.82 Å². The van der Waals surface area contributed by atoms with Gasteiger partial charge in [-0.25, -0.2) is 4.39 Å². The first-order chi connectivity index (χ1) is 7.61. The summed E-state index contributed by atoms with van der Waals surface area (Å²) >= 11 is 0. The molecule has 1 fully saturated rings. The predicted octanol–water partition coefficient (Wildman–Crippen LogP) is 3.50. The average Bonchev–Trinajstić information content (AvgIpc) is 2.98. The molecule has 2 heteroatoms. The quantitative estimate of drug-likeness (QED) is 0.820. The van der Waals surface area contributed by atoms with E-state index in [4.69, 9.17) is 0 Å². The van der Waals surface area contributed by atoms with Gasteiger partial charge in [-0.05, 0) is 50.4 Å². The lowest BCUT2D eigenvalue weighted by Gasteiger charge is -2.20. The van der Waals surface area contributed by atoms with Crippen molar-refractivity contribution < 1.29 is 4.39 Å². The van der Waals surface area contributed by atoms with Crippen LogP contribution in [0.15, 0.2) is 12.1 Å². The molecule has 1 aliphatic rings. The van der Waals surface area contributed by atoms with Gasteiger partial charge in [0.25, 0.3) is 0 Å². The maximum absolute atomic E-state index is 14.0. The monoisotopic (exact) mass is 221 g/mol. The van der Waals surface area contributed by atoms with E-state index >= 15 is 0 Å². The normalized spacial score (nSPS) is 17.5. The molecule has 1 aliphatic carbocycles. The van der Waals surface area contributed by atoms with Crippen LogP contribution in [0.4, 0.5) is 4.39 Å². The van der Waals surface area contributed by atoms with Crippen molar-refractivity contribution in [1.82, 2.24) is 5.32 Å². The van der Waals surface area contributed by atoms with E-state index in [9.17, 15) is 4.39 Å². The van der Waals surface area contributed by atoms with Crippen molar-refractivity contribution in [2.75, 3.05) is 7.05 Å². The average molecular weight is 221 g/mol. The zero-order valence-corrected chi connectivity index (χ0v) is 10.3. The smallest absolute Gasteiger partial charge is 0.128 e. The van der Waals surface area contributed by atoms with E-state index in [0.29, 0.717) is 0 Å². The Hall–Kier alpha value is -0.890. The van der Waals surface area contributed by atoms with Crippen LogP contribution in [-0.4, -0.2) is 7.05 Å². The summed E-state index contributed by atoms with van der Waals surface area (Å²) in [6.07, 6.45) is 3.69. The van der Waals surface area contributed by atoms with Crippen LogP contribution in [0.2, 0.25) is 0 Å². The molecule has 88 valence electrons. The van der Waals surface area contributed by atoms with Crippen molar-refractivity contribution in [2.24, 2.45) is 5.92 Å². The molecule has 1 saturated carbocycles. The first-order valence-electron chi connectivity index (χ1n) is 6.05. The third-order valence-electron chi connectivity index (χ3n) is 3.44. The minimum Gasteiger partial charge on any atom is -0.313 e. The highest BCUT2D eigenvalue weighted by Crippen LogP contribution is 2.38. The van der Waals surface area contributed by atoms with Gasteiger partial charge in [0, 0.05) is 11.6 Å². The van der Waals surface area contributed by atoms with Gasteiger partial charge < -0.3 is 5.32 Å². The van der Waals surface area contributed by atoms with Crippen molar-refractivity contribution in [3.8, 4) is 0 Å². The summed E-state index contributed by atoms with van der Waals surface area (Å²) in [6, 6.07) is 3.88. The molecule has 0 saturated heterocycles. The van der Waals surface area contributed by atoms with Crippen LogP contribution in [0.25, 0.3) is 0 Å². The van der Waals surface area contributed by atoms with E-state index in [1.54, 1.807) is 6.07 Å². The van der Waals surface area contributed by atoms with Crippen molar-refractivity contribution in [3.63, 3.8) is 0 Å². The van der Waals surface area contributed by atoms with Gasteiger partial charge in [0.15, 0.2) is 0 Å². The van der Waals surface area contributed by atoms with Gasteiger partial charge in [0.05, 0.1) is 0 Å². The van der Waals surface area contributed by atoms with Crippen LogP contribution in [0.5, 0.6) is 0 Å². The minimum atomic E-state index is -0.0579. The maximum Gasteiger partial charge on any atom is 0.128 e. The molecule has 1 nitrogen and oxygen atoms in total. The summed E-state index contributed by atoms with van der Waals surface area (Å²) in [6.45, 7) is 3.94. The fraction of sp³-hybridized carbons (Fsp3) is 0.571. The van der Waals surface area contributed by atoms with E-state index in [1.807, 2.05) is 20.9 Å². The SMILES string of the molecule is CNC(CC1CC1)c1c(C)cc(C)cc1F. The molecule has 2 rings (SSSR count). The predicted molar refractivity (Wildman–Crippen MR) is 65.0 cm³/mol. The summed E-state index contributed by atoms with van der Waals surface area (Å²) < 4.78 is 14.0. The number of aryl methyl sites for hydroxylation is 2. The Morgan fingerprint density at radius 1 is 1.38 bits per heavy atom. The fourth-order valence-corrected chi connectivity index (χ4v) is 2.44. The van der Waals surface area contributed by atoms with Crippen LogP contribution in [-0.2, 0) is 0 Å². The minimum absolute atomic E-state index is 0.0579. The molecule has 1 atom stereocenters. The Bertz CT molecular complexity index is 359. The second-order valence-electron chi connectivity index (χ2n) is 5.00. The number of benzene rings is 1. The van der Waals surface area contributed by atoms with Gasteiger partial charge in [-0.3, -0.25) is 0 Å². The lowest BCUT2D eigenvalue weighted by atomic mass is 9.95. The number of hydrogen-bond donors (Lipinski definition) is 1. The van der Waals surface area contributed by atoms with Crippen LogP contribution in [0.3, 0.4) is 0 Å². The highest BCUT2D eigenvalue weighted by atomic mass is 19.1. The van der Waals surface area contributed by atoms with Gasteiger partial charge in [-0.1, -0.05) is 18.9 Å². The molecular weight excluding hydrogens is 201 g/mol. The van der Waals surface area contributed by atoms with E-state index < -0.39 is 0 Å². The van der Waals surface area contributed by atoms with Gasteiger partial charge in [0.2, 0.25) is 0 Å². The molecule has 0 bridgehead atoms. The molecular formula is C14H20FN. The van der Waals surface area contributed by atoms with E-state index in [1.165, 1.54) is 12.8 Å². The van der Waals surface area contributed by atoms with Crippen LogP contribution in [0.1, 0.15) is 42.0 Å². The molecule has 0 spiro atoms. The topological polar surface area (TPSA) is 12.0 Å². The van der Waals surface area contributed by atoms with Crippen LogP contribution < -0.4 is 5.32 Å². The molecule has 1 N–H and O–H groups in total. The highest BCUT2D eigenvalue weighted by molar-refractivity contribution is 5.34. The standard InChI is InChI=1S/C14H20FN/c1-9-6-10(2)14(12(15)7-9)13(16-3)8-11-4-5-11/h6-7,11,13,16H,4-5,8H2,1-3H3. The van der Waals surface area contributed by atoms with Crippen molar-refractivity contribution >= 4 is 0 Å². The lowest BCUT2D eigenvalue weighted by Crippen LogP contribution is -2.19.